The van der Waals surface area contributed by atoms with Crippen molar-refractivity contribution in [1.29, 1.82) is 0 Å². The van der Waals surface area contributed by atoms with Crippen molar-refractivity contribution >= 4 is 46.3 Å². The van der Waals surface area contributed by atoms with E-state index in [0.29, 0.717) is 27.1 Å². The lowest BCUT2D eigenvalue weighted by Gasteiger charge is -2.32. The summed E-state index contributed by atoms with van der Waals surface area (Å²) in [6.07, 6.45) is 1.86. The minimum Gasteiger partial charge on any atom is -0.393 e. The molecule has 1 atom stereocenters. The van der Waals surface area contributed by atoms with Crippen molar-refractivity contribution in [2.24, 2.45) is 11.7 Å². The van der Waals surface area contributed by atoms with Crippen LogP contribution in [0.3, 0.4) is 0 Å². The summed E-state index contributed by atoms with van der Waals surface area (Å²) in [7, 11) is 0. The number of hydrogen-bond donors (Lipinski definition) is 1. The van der Waals surface area contributed by atoms with Crippen molar-refractivity contribution in [3.05, 3.63) is 33.8 Å². The summed E-state index contributed by atoms with van der Waals surface area (Å²) in [5.74, 6) is 0.0509. The van der Waals surface area contributed by atoms with E-state index in [-0.39, 0.29) is 11.8 Å². The van der Waals surface area contributed by atoms with E-state index in [1.807, 2.05) is 0 Å². The van der Waals surface area contributed by atoms with Gasteiger partial charge in [0.25, 0.3) is 5.91 Å². The number of piperidine rings is 1. The van der Waals surface area contributed by atoms with Gasteiger partial charge in [0.1, 0.15) is 0 Å². The van der Waals surface area contributed by atoms with Crippen molar-refractivity contribution in [3.8, 4) is 0 Å². The van der Waals surface area contributed by atoms with Gasteiger partial charge in [0.2, 0.25) is 0 Å². The number of carbonyl (C=O) groups is 1. The molecule has 0 aliphatic carbocycles. The van der Waals surface area contributed by atoms with Gasteiger partial charge in [0.15, 0.2) is 0 Å². The fourth-order valence-corrected chi connectivity index (χ4v) is 2.70. The Hall–Kier alpha value is -0.840. The van der Waals surface area contributed by atoms with Crippen LogP contribution >= 0.6 is 35.4 Å². The first kappa shape index (κ1) is 14.6. The Morgan fingerprint density at radius 3 is 2.74 bits per heavy atom. The summed E-state index contributed by atoms with van der Waals surface area (Å²) in [4.78, 5) is 14.6. The smallest absolute Gasteiger partial charge is 0.253 e. The van der Waals surface area contributed by atoms with Gasteiger partial charge in [-0.1, -0.05) is 35.4 Å². The standard InChI is InChI=1S/C13H14Cl2N2OS/c14-10-4-3-8(6-11(10)15)13(18)17-5-1-2-9(7-17)12(16)19/h3-4,6,9H,1-2,5,7H2,(H2,16,19). The fraction of sp³-hybridized carbons (Fsp3) is 0.385. The molecule has 1 aliphatic heterocycles. The van der Waals surface area contributed by atoms with E-state index in [9.17, 15) is 4.79 Å². The molecule has 0 saturated carbocycles. The minimum atomic E-state index is -0.0560. The number of halogens is 2. The second-order valence-electron chi connectivity index (χ2n) is 4.62. The molecule has 102 valence electrons. The molecular formula is C13H14Cl2N2OS. The number of thiocarbonyl (C=S) groups is 1. The third kappa shape index (κ3) is 3.38. The Morgan fingerprint density at radius 1 is 1.37 bits per heavy atom. The van der Waals surface area contributed by atoms with Crippen molar-refractivity contribution in [2.45, 2.75) is 12.8 Å². The van der Waals surface area contributed by atoms with Gasteiger partial charge >= 0.3 is 0 Å². The third-order valence-corrected chi connectivity index (χ3v) is 4.35. The van der Waals surface area contributed by atoms with Gasteiger partial charge in [0.05, 0.1) is 15.0 Å². The maximum atomic E-state index is 12.4. The van der Waals surface area contributed by atoms with Crippen molar-refractivity contribution in [3.63, 3.8) is 0 Å². The quantitative estimate of drug-likeness (QED) is 0.853. The van der Waals surface area contributed by atoms with E-state index < -0.39 is 0 Å². The van der Waals surface area contributed by atoms with E-state index in [0.717, 1.165) is 19.4 Å². The van der Waals surface area contributed by atoms with Crippen LogP contribution in [0.25, 0.3) is 0 Å². The highest BCUT2D eigenvalue weighted by molar-refractivity contribution is 7.80. The highest BCUT2D eigenvalue weighted by Crippen LogP contribution is 2.25. The zero-order valence-corrected chi connectivity index (χ0v) is 12.6. The largest absolute Gasteiger partial charge is 0.393 e. The first-order valence-corrected chi connectivity index (χ1v) is 7.19. The molecule has 1 aromatic carbocycles. The molecule has 1 fully saturated rings. The summed E-state index contributed by atoms with van der Waals surface area (Å²) in [6, 6.07) is 4.91. The van der Waals surface area contributed by atoms with E-state index in [2.05, 4.69) is 0 Å². The first-order chi connectivity index (χ1) is 8.99. The molecule has 1 aliphatic rings. The zero-order valence-electron chi connectivity index (χ0n) is 10.2. The van der Waals surface area contributed by atoms with E-state index >= 15 is 0 Å². The monoisotopic (exact) mass is 316 g/mol. The predicted molar refractivity (Wildman–Crippen MR) is 81.9 cm³/mol. The number of carbonyl (C=O) groups excluding carboxylic acids is 1. The van der Waals surface area contributed by atoms with Crippen molar-refractivity contribution < 1.29 is 4.79 Å². The lowest BCUT2D eigenvalue weighted by Crippen LogP contribution is -2.43. The maximum absolute atomic E-state index is 12.4. The zero-order chi connectivity index (χ0) is 14.0. The van der Waals surface area contributed by atoms with Gasteiger partial charge in [-0.3, -0.25) is 4.79 Å². The number of likely N-dealkylation sites (tertiary alicyclic amines) is 1. The van der Waals surface area contributed by atoms with Crippen LogP contribution < -0.4 is 5.73 Å². The van der Waals surface area contributed by atoms with Crippen LogP contribution in [0.4, 0.5) is 0 Å². The number of nitrogens with two attached hydrogens (primary N) is 1. The molecule has 3 nitrogen and oxygen atoms in total. The second-order valence-corrected chi connectivity index (χ2v) is 5.91. The summed E-state index contributed by atoms with van der Waals surface area (Å²) < 4.78 is 0. The molecule has 2 rings (SSSR count). The molecule has 19 heavy (non-hydrogen) atoms. The lowest BCUT2D eigenvalue weighted by atomic mass is 9.97. The van der Waals surface area contributed by atoms with Gasteiger partial charge in [-0.05, 0) is 31.0 Å². The molecule has 1 heterocycles. The molecule has 0 aromatic heterocycles. The molecule has 1 unspecified atom stereocenters. The van der Waals surface area contributed by atoms with E-state index in [1.54, 1.807) is 23.1 Å². The Bertz CT molecular complexity index is 521. The molecule has 0 radical (unpaired) electrons. The molecule has 0 bridgehead atoms. The van der Waals surface area contributed by atoms with Crippen LogP contribution in [-0.4, -0.2) is 28.9 Å². The fourth-order valence-electron chi connectivity index (χ4n) is 2.21. The highest BCUT2D eigenvalue weighted by Gasteiger charge is 2.26. The van der Waals surface area contributed by atoms with Gasteiger partial charge in [0, 0.05) is 24.6 Å². The van der Waals surface area contributed by atoms with Crippen molar-refractivity contribution in [2.75, 3.05) is 13.1 Å². The average Bonchev–Trinajstić information content (AvgIpc) is 2.41. The first-order valence-electron chi connectivity index (χ1n) is 6.02. The summed E-state index contributed by atoms with van der Waals surface area (Å²) in [5, 5.41) is 0.827. The maximum Gasteiger partial charge on any atom is 0.253 e. The Kier molecular flexibility index (Phi) is 4.66. The van der Waals surface area contributed by atoms with Crippen LogP contribution in [0, 0.1) is 5.92 Å². The molecular weight excluding hydrogens is 303 g/mol. The Balaban J connectivity index is 2.14. The molecule has 2 N–H and O–H groups in total. The highest BCUT2D eigenvalue weighted by atomic mass is 35.5. The Labute approximate surface area is 127 Å². The minimum absolute atomic E-state index is 0.0560. The third-order valence-electron chi connectivity index (χ3n) is 3.28. The van der Waals surface area contributed by atoms with Crippen LogP contribution in [0.15, 0.2) is 18.2 Å². The summed E-state index contributed by atoms with van der Waals surface area (Å²) >= 11 is 16.8. The molecule has 6 heteroatoms. The topological polar surface area (TPSA) is 46.3 Å². The molecule has 1 amide bonds. The van der Waals surface area contributed by atoms with Gasteiger partial charge in [-0.15, -0.1) is 0 Å². The van der Waals surface area contributed by atoms with E-state index in [4.69, 9.17) is 41.2 Å². The summed E-state index contributed by atoms with van der Waals surface area (Å²) in [6.45, 7) is 1.30. The lowest BCUT2D eigenvalue weighted by molar-refractivity contribution is 0.0703. The Morgan fingerprint density at radius 2 is 2.11 bits per heavy atom. The molecule has 1 saturated heterocycles. The van der Waals surface area contributed by atoms with Crippen LogP contribution in [0.5, 0.6) is 0 Å². The average molecular weight is 317 g/mol. The molecule has 1 aromatic rings. The van der Waals surface area contributed by atoms with E-state index in [1.165, 1.54) is 0 Å². The number of benzene rings is 1. The normalized spacial score (nSPS) is 19.3. The number of rotatable bonds is 2. The van der Waals surface area contributed by atoms with Gasteiger partial charge in [-0.25, -0.2) is 0 Å². The van der Waals surface area contributed by atoms with Crippen LogP contribution in [0.2, 0.25) is 10.0 Å². The van der Waals surface area contributed by atoms with Crippen molar-refractivity contribution in [1.82, 2.24) is 4.90 Å². The summed E-state index contributed by atoms with van der Waals surface area (Å²) in [5.41, 5.74) is 6.21. The van der Waals surface area contributed by atoms with Crippen LogP contribution in [0.1, 0.15) is 23.2 Å². The van der Waals surface area contributed by atoms with Crippen LogP contribution in [-0.2, 0) is 0 Å². The van der Waals surface area contributed by atoms with Gasteiger partial charge < -0.3 is 10.6 Å². The predicted octanol–water partition coefficient (Wildman–Crippen LogP) is 3.13. The SMILES string of the molecule is NC(=S)C1CCCN(C(=O)c2ccc(Cl)c(Cl)c2)C1. The van der Waals surface area contributed by atoms with Gasteiger partial charge in [-0.2, -0.15) is 0 Å². The number of hydrogen-bond acceptors (Lipinski definition) is 2. The second kappa shape index (κ2) is 6.07. The number of amides is 1. The number of nitrogens with zero attached hydrogens (tertiary/aromatic N) is 1. The molecule has 0 spiro atoms.